The summed E-state index contributed by atoms with van der Waals surface area (Å²) in [5.74, 6) is 0.473. The molecule has 0 aliphatic carbocycles. The average Bonchev–Trinajstić information content (AvgIpc) is 2.04. The van der Waals surface area contributed by atoms with Gasteiger partial charge < -0.3 is 10.6 Å². The van der Waals surface area contributed by atoms with E-state index in [9.17, 15) is 0 Å². The van der Waals surface area contributed by atoms with Gasteiger partial charge >= 0.3 is 0 Å². The van der Waals surface area contributed by atoms with E-state index in [1.807, 2.05) is 24.3 Å². The topological polar surface area (TPSA) is 47.6 Å². The predicted molar refractivity (Wildman–Crippen MR) is 56.5 cm³/mol. The van der Waals surface area contributed by atoms with Crippen molar-refractivity contribution in [2.24, 2.45) is 10.9 Å². The third kappa shape index (κ3) is 3.46. The van der Waals surface area contributed by atoms with Crippen LogP contribution in [0.3, 0.4) is 0 Å². The number of nitrogens with zero attached hydrogens (tertiary/aromatic N) is 1. The third-order valence-corrected chi connectivity index (χ3v) is 1.98. The first-order valence-electron chi connectivity index (χ1n) is 3.82. The lowest BCUT2D eigenvalue weighted by Gasteiger charge is -2.00. The maximum Gasteiger partial charge on any atom is 0.143 e. The molecule has 0 bridgehead atoms. The van der Waals surface area contributed by atoms with Crippen LogP contribution in [0.2, 0.25) is 0 Å². The monoisotopic (exact) mass is 242 g/mol. The molecule has 0 unspecified atom stereocenters. The molecular formula is C9H11BrN2O. The minimum Gasteiger partial charge on any atom is -0.398 e. The summed E-state index contributed by atoms with van der Waals surface area (Å²) in [5.41, 5.74) is 6.68. The van der Waals surface area contributed by atoms with Crippen molar-refractivity contribution in [3.05, 3.63) is 34.3 Å². The number of oxime groups is 1. The van der Waals surface area contributed by atoms with Crippen molar-refractivity contribution in [2.45, 2.75) is 6.42 Å². The Labute approximate surface area is 85.7 Å². The van der Waals surface area contributed by atoms with Crippen LogP contribution in [0.15, 0.2) is 33.9 Å². The standard InChI is InChI=1S/C9H11BrN2O/c1-13-12-9(11)6-7-3-2-4-8(10)5-7/h2-5H,6H2,1H3,(H2,11,12). The molecule has 4 heteroatoms. The molecule has 0 aromatic heterocycles. The fraction of sp³-hybridized carbons (Fsp3) is 0.222. The normalized spacial score (nSPS) is 11.4. The van der Waals surface area contributed by atoms with Gasteiger partial charge in [-0.05, 0) is 17.7 Å². The van der Waals surface area contributed by atoms with E-state index < -0.39 is 0 Å². The summed E-state index contributed by atoms with van der Waals surface area (Å²) >= 11 is 3.38. The first-order chi connectivity index (χ1) is 6.22. The van der Waals surface area contributed by atoms with Crippen molar-refractivity contribution in [3.8, 4) is 0 Å². The van der Waals surface area contributed by atoms with Gasteiger partial charge in [0.2, 0.25) is 0 Å². The molecule has 0 aliphatic rings. The summed E-state index contributed by atoms with van der Waals surface area (Å²) in [6.45, 7) is 0. The van der Waals surface area contributed by atoms with E-state index >= 15 is 0 Å². The van der Waals surface area contributed by atoms with Crippen LogP contribution < -0.4 is 5.73 Å². The maximum atomic E-state index is 5.58. The molecule has 0 radical (unpaired) electrons. The zero-order valence-electron chi connectivity index (χ0n) is 7.33. The first kappa shape index (κ1) is 10.1. The van der Waals surface area contributed by atoms with Crippen LogP contribution in [0.1, 0.15) is 5.56 Å². The molecule has 0 amide bonds. The SMILES string of the molecule is CO/N=C(/N)Cc1cccc(Br)c1. The highest BCUT2D eigenvalue weighted by atomic mass is 79.9. The van der Waals surface area contributed by atoms with E-state index in [1.54, 1.807) is 0 Å². The van der Waals surface area contributed by atoms with Crippen molar-refractivity contribution in [1.29, 1.82) is 0 Å². The Hall–Kier alpha value is -1.03. The van der Waals surface area contributed by atoms with Crippen LogP contribution in [-0.2, 0) is 11.3 Å². The lowest BCUT2D eigenvalue weighted by Crippen LogP contribution is -2.15. The highest BCUT2D eigenvalue weighted by Gasteiger charge is 1.97. The van der Waals surface area contributed by atoms with E-state index in [0.29, 0.717) is 12.3 Å². The van der Waals surface area contributed by atoms with Gasteiger partial charge in [-0.25, -0.2) is 0 Å². The lowest BCUT2D eigenvalue weighted by atomic mass is 10.1. The van der Waals surface area contributed by atoms with Gasteiger partial charge in [-0.2, -0.15) is 0 Å². The van der Waals surface area contributed by atoms with Crippen molar-refractivity contribution >= 4 is 21.8 Å². The van der Waals surface area contributed by atoms with Gasteiger partial charge in [-0.1, -0.05) is 33.2 Å². The van der Waals surface area contributed by atoms with Crippen molar-refractivity contribution in [2.75, 3.05) is 7.11 Å². The Morgan fingerprint density at radius 3 is 3.00 bits per heavy atom. The number of halogens is 1. The number of amidine groups is 1. The number of hydrogen-bond donors (Lipinski definition) is 1. The minimum absolute atomic E-state index is 0.473. The molecule has 3 nitrogen and oxygen atoms in total. The van der Waals surface area contributed by atoms with E-state index in [4.69, 9.17) is 5.73 Å². The average molecular weight is 243 g/mol. The molecule has 0 saturated carbocycles. The summed E-state index contributed by atoms with van der Waals surface area (Å²) in [6.07, 6.45) is 0.604. The van der Waals surface area contributed by atoms with Gasteiger partial charge in [0, 0.05) is 10.9 Å². The second-order valence-corrected chi connectivity index (χ2v) is 3.49. The Morgan fingerprint density at radius 1 is 1.62 bits per heavy atom. The number of benzene rings is 1. The molecule has 13 heavy (non-hydrogen) atoms. The predicted octanol–water partition coefficient (Wildman–Crippen LogP) is 1.91. The van der Waals surface area contributed by atoms with Crippen LogP contribution in [0.25, 0.3) is 0 Å². The molecule has 0 fully saturated rings. The molecular weight excluding hydrogens is 232 g/mol. The number of hydrogen-bond acceptors (Lipinski definition) is 2. The van der Waals surface area contributed by atoms with Gasteiger partial charge in [0.15, 0.2) is 0 Å². The van der Waals surface area contributed by atoms with E-state index in [2.05, 4.69) is 25.9 Å². The number of rotatable bonds is 3. The van der Waals surface area contributed by atoms with Gasteiger partial charge in [-0.15, -0.1) is 0 Å². The molecule has 70 valence electrons. The van der Waals surface area contributed by atoms with Gasteiger partial charge in [0.05, 0.1) is 0 Å². The highest BCUT2D eigenvalue weighted by Crippen LogP contribution is 2.11. The third-order valence-electron chi connectivity index (χ3n) is 1.48. The Bertz CT molecular complexity index is 312. The van der Waals surface area contributed by atoms with E-state index in [1.165, 1.54) is 7.11 Å². The smallest absolute Gasteiger partial charge is 0.143 e. The van der Waals surface area contributed by atoms with E-state index in [0.717, 1.165) is 10.0 Å². The second-order valence-electron chi connectivity index (χ2n) is 2.57. The van der Waals surface area contributed by atoms with Crippen LogP contribution in [-0.4, -0.2) is 12.9 Å². The van der Waals surface area contributed by atoms with E-state index in [-0.39, 0.29) is 0 Å². The van der Waals surface area contributed by atoms with Gasteiger partial charge in [-0.3, -0.25) is 0 Å². The van der Waals surface area contributed by atoms with Crippen LogP contribution >= 0.6 is 15.9 Å². The molecule has 0 atom stereocenters. The van der Waals surface area contributed by atoms with Crippen LogP contribution in [0, 0.1) is 0 Å². The fourth-order valence-electron chi connectivity index (χ4n) is 1.01. The minimum atomic E-state index is 0.473. The summed E-state index contributed by atoms with van der Waals surface area (Å²) in [5, 5.41) is 3.63. The maximum absolute atomic E-state index is 5.58. The Kier molecular flexibility index (Phi) is 3.76. The summed E-state index contributed by atoms with van der Waals surface area (Å²) < 4.78 is 1.04. The molecule has 0 heterocycles. The summed E-state index contributed by atoms with van der Waals surface area (Å²) in [6, 6.07) is 7.91. The van der Waals surface area contributed by atoms with Crippen LogP contribution in [0.5, 0.6) is 0 Å². The molecule has 0 saturated heterocycles. The molecule has 1 rings (SSSR count). The molecule has 0 spiro atoms. The molecule has 0 aliphatic heterocycles. The van der Waals surface area contributed by atoms with Crippen molar-refractivity contribution in [1.82, 2.24) is 0 Å². The van der Waals surface area contributed by atoms with Crippen molar-refractivity contribution < 1.29 is 4.84 Å². The second kappa shape index (κ2) is 4.87. The van der Waals surface area contributed by atoms with Crippen molar-refractivity contribution in [3.63, 3.8) is 0 Å². The lowest BCUT2D eigenvalue weighted by molar-refractivity contribution is 0.212. The number of nitrogens with two attached hydrogens (primary N) is 1. The quantitative estimate of drug-likeness (QED) is 0.500. The summed E-state index contributed by atoms with van der Waals surface area (Å²) in [7, 11) is 1.48. The summed E-state index contributed by atoms with van der Waals surface area (Å²) in [4.78, 5) is 4.56. The highest BCUT2D eigenvalue weighted by molar-refractivity contribution is 9.10. The first-order valence-corrected chi connectivity index (χ1v) is 4.61. The molecule has 1 aromatic rings. The molecule has 2 N–H and O–H groups in total. The Morgan fingerprint density at radius 2 is 2.38 bits per heavy atom. The van der Waals surface area contributed by atoms with Gasteiger partial charge in [0.25, 0.3) is 0 Å². The fourth-order valence-corrected chi connectivity index (χ4v) is 1.45. The zero-order chi connectivity index (χ0) is 9.68. The zero-order valence-corrected chi connectivity index (χ0v) is 8.91. The largest absolute Gasteiger partial charge is 0.398 e. The van der Waals surface area contributed by atoms with Gasteiger partial charge in [0.1, 0.15) is 12.9 Å². The molecule has 1 aromatic carbocycles. The Balaban J connectivity index is 2.69. The van der Waals surface area contributed by atoms with Crippen LogP contribution in [0.4, 0.5) is 0 Å².